The van der Waals surface area contributed by atoms with Gasteiger partial charge in [0.25, 0.3) is 11.5 Å². The average Bonchev–Trinajstić information content (AvgIpc) is 2.76. The van der Waals surface area contributed by atoms with Gasteiger partial charge in [-0.1, -0.05) is 18.2 Å². The lowest BCUT2D eigenvalue weighted by molar-refractivity contribution is 0.0866. The molecule has 1 amide bonds. The van der Waals surface area contributed by atoms with E-state index in [0.29, 0.717) is 19.4 Å². The molecule has 1 fully saturated rings. The van der Waals surface area contributed by atoms with Crippen LogP contribution in [0.25, 0.3) is 5.57 Å². The Hall–Kier alpha value is -2.77. The molecule has 1 aliphatic carbocycles. The topological polar surface area (TPSA) is 85.4 Å². The number of amides is 1. The highest BCUT2D eigenvalue weighted by atomic mass is 19.1. The summed E-state index contributed by atoms with van der Waals surface area (Å²) in [6.07, 6.45) is 5.51. The van der Waals surface area contributed by atoms with Gasteiger partial charge >= 0.3 is 0 Å². The fourth-order valence-electron chi connectivity index (χ4n) is 4.29. The number of aromatic nitrogens is 1. The molecule has 7 heteroatoms. The van der Waals surface area contributed by atoms with Gasteiger partial charge in [0, 0.05) is 31.4 Å². The Labute approximate surface area is 180 Å². The van der Waals surface area contributed by atoms with E-state index < -0.39 is 0 Å². The van der Waals surface area contributed by atoms with E-state index in [-0.39, 0.29) is 35.0 Å². The van der Waals surface area contributed by atoms with Crippen LogP contribution in [-0.4, -0.2) is 46.1 Å². The number of halogens is 1. The Bertz CT molecular complexity index is 1010. The monoisotopic (exact) mass is 425 g/mol. The SMILES string of the molecule is O=C(NC1CCC(O)CC1)c1ccc(CN2CC=C(c3ccc(F)cc3)CC2)[nH]c1=O. The quantitative estimate of drug-likeness (QED) is 0.688. The molecule has 2 heterocycles. The van der Waals surface area contributed by atoms with Crippen LogP contribution in [0.5, 0.6) is 0 Å². The minimum atomic E-state index is -0.384. The first-order valence-corrected chi connectivity index (χ1v) is 10.9. The number of aliphatic hydroxyl groups is 1. The average molecular weight is 426 g/mol. The molecule has 2 aliphatic rings. The number of aliphatic hydroxyl groups excluding tert-OH is 1. The summed E-state index contributed by atoms with van der Waals surface area (Å²) in [7, 11) is 0. The molecule has 2 aromatic rings. The molecule has 0 unspecified atom stereocenters. The highest BCUT2D eigenvalue weighted by Crippen LogP contribution is 2.23. The molecule has 1 aliphatic heterocycles. The van der Waals surface area contributed by atoms with Crippen molar-refractivity contribution in [3.63, 3.8) is 0 Å². The predicted molar refractivity (Wildman–Crippen MR) is 117 cm³/mol. The van der Waals surface area contributed by atoms with Gasteiger partial charge in [0.1, 0.15) is 11.4 Å². The number of H-pyrrole nitrogens is 1. The Morgan fingerprint density at radius 3 is 2.52 bits per heavy atom. The van der Waals surface area contributed by atoms with Crippen LogP contribution in [0.15, 0.2) is 47.3 Å². The van der Waals surface area contributed by atoms with Crippen LogP contribution < -0.4 is 10.9 Å². The number of hydrogen-bond acceptors (Lipinski definition) is 4. The second-order valence-electron chi connectivity index (χ2n) is 8.43. The van der Waals surface area contributed by atoms with Crippen LogP contribution in [0.1, 0.15) is 53.7 Å². The summed E-state index contributed by atoms with van der Waals surface area (Å²) >= 11 is 0. The lowest BCUT2D eigenvalue weighted by Gasteiger charge is -2.26. The van der Waals surface area contributed by atoms with Crippen molar-refractivity contribution in [2.24, 2.45) is 0 Å². The summed E-state index contributed by atoms with van der Waals surface area (Å²) in [6, 6.07) is 9.93. The zero-order valence-electron chi connectivity index (χ0n) is 17.4. The van der Waals surface area contributed by atoms with Gasteiger partial charge in [-0.3, -0.25) is 14.5 Å². The van der Waals surface area contributed by atoms with Crippen molar-refractivity contribution in [2.45, 2.75) is 50.8 Å². The predicted octanol–water partition coefficient (Wildman–Crippen LogP) is 2.84. The maximum atomic E-state index is 13.1. The Morgan fingerprint density at radius 1 is 1.13 bits per heavy atom. The van der Waals surface area contributed by atoms with E-state index >= 15 is 0 Å². The standard InChI is InChI=1S/C24H28FN3O3/c25-18-3-1-16(2-4-18)17-11-13-28(14-12-17)15-20-7-10-22(24(31)27-20)23(30)26-19-5-8-21(29)9-6-19/h1-4,7,10-11,19,21,29H,5-6,8-9,12-15H2,(H,26,30)(H,27,31). The lowest BCUT2D eigenvalue weighted by atomic mass is 9.93. The molecule has 164 valence electrons. The van der Waals surface area contributed by atoms with E-state index in [4.69, 9.17) is 0 Å². The van der Waals surface area contributed by atoms with Gasteiger partial charge in [-0.2, -0.15) is 0 Å². The lowest BCUT2D eigenvalue weighted by Crippen LogP contribution is -2.40. The van der Waals surface area contributed by atoms with Crippen molar-refractivity contribution < 1.29 is 14.3 Å². The second-order valence-corrected chi connectivity index (χ2v) is 8.43. The fraction of sp³-hybridized carbons (Fsp3) is 0.417. The molecule has 0 radical (unpaired) electrons. The third kappa shape index (κ3) is 5.48. The van der Waals surface area contributed by atoms with Crippen molar-refractivity contribution in [3.8, 4) is 0 Å². The highest BCUT2D eigenvalue weighted by Gasteiger charge is 2.22. The van der Waals surface area contributed by atoms with Crippen LogP contribution in [-0.2, 0) is 6.54 Å². The molecule has 0 bridgehead atoms. The first kappa shape index (κ1) is 21.5. The largest absolute Gasteiger partial charge is 0.393 e. The Kier molecular flexibility index (Phi) is 6.63. The molecule has 1 aromatic carbocycles. The second kappa shape index (κ2) is 9.58. The molecule has 31 heavy (non-hydrogen) atoms. The molecular weight excluding hydrogens is 397 g/mol. The van der Waals surface area contributed by atoms with Crippen molar-refractivity contribution in [3.05, 3.63) is 75.5 Å². The molecule has 4 rings (SSSR count). The number of benzene rings is 1. The van der Waals surface area contributed by atoms with Gasteiger partial charge in [-0.15, -0.1) is 0 Å². The molecular formula is C24H28FN3O3. The summed E-state index contributed by atoms with van der Waals surface area (Å²) in [5, 5.41) is 12.5. The van der Waals surface area contributed by atoms with Crippen molar-refractivity contribution in [2.75, 3.05) is 13.1 Å². The molecule has 1 aromatic heterocycles. The Balaban J connectivity index is 1.34. The van der Waals surface area contributed by atoms with Crippen LogP contribution in [0.3, 0.4) is 0 Å². The van der Waals surface area contributed by atoms with E-state index in [2.05, 4.69) is 21.3 Å². The minimum Gasteiger partial charge on any atom is -0.393 e. The van der Waals surface area contributed by atoms with Gasteiger partial charge < -0.3 is 15.4 Å². The third-order valence-corrected chi connectivity index (χ3v) is 6.15. The van der Waals surface area contributed by atoms with Crippen LogP contribution >= 0.6 is 0 Å². The van der Waals surface area contributed by atoms with Crippen LogP contribution in [0, 0.1) is 5.82 Å². The Morgan fingerprint density at radius 2 is 1.87 bits per heavy atom. The summed E-state index contributed by atoms with van der Waals surface area (Å²) in [6.45, 7) is 2.16. The molecule has 6 nitrogen and oxygen atoms in total. The van der Waals surface area contributed by atoms with Gasteiger partial charge in [0.05, 0.1) is 6.10 Å². The third-order valence-electron chi connectivity index (χ3n) is 6.15. The van der Waals surface area contributed by atoms with Crippen molar-refractivity contribution in [1.29, 1.82) is 0 Å². The summed E-state index contributed by atoms with van der Waals surface area (Å²) < 4.78 is 13.1. The number of pyridine rings is 1. The zero-order chi connectivity index (χ0) is 21.8. The maximum absolute atomic E-state index is 13.1. The number of nitrogens with one attached hydrogen (secondary N) is 2. The van der Waals surface area contributed by atoms with Gasteiger partial charge in [0.15, 0.2) is 0 Å². The van der Waals surface area contributed by atoms with Crippen molar-refractivity contribution >= 4 is 11.5 Å². The number of carbonyl (C=O) groups is 1. The molecule has 0 spiro atoms. The van der Waals surface area contributed by atoms with E-state index in [9.17, 15) is 19.1 Å². The van der Waals surface area contributed by atoms with Gasteiger partial charge in [-0.25, -0.2) is 4.39 Å². The molecule has 3 N–H and O–H groups in total. The van der Waals surface area contributed by atoms with E-state index in [1.807, 2.05) is 0 Å². The smallest absolute Gasteiger partial charge is 0.261 e. The number of rotatable bonds is 5. The van der Waals surface area contributed by atoms with Crippen LogP contribution in [0.4, 0.5) is 4.39 Å². The summed E-state index contributed by atoms with van der Waals surface area (Å²) in [5.74, 6) is -0.598. The van der Waals surface area contributed by atoms with E-state index in [0.717, 1.165) is 43.6 Å². The number of nitrogens with zero attached hydrogens (tertiary/aromatic N) is 1. The molecule has 1 saturated carbocycles. The van der Waals surface area contributed by atoms with E-state index in [1.54, 1.807) is 24.3 Å². The summed E-state index contributed by atoms with van der Waals surface area (Å²) in [5.41, 5.74) is 2.74. The van der Waals surface area contributed by atoms with E-state index in [1.165, 1.54) is 17.7 Å². The first-order valence-electron chi connectivity index (χ1n) is 10.9. The fourth-order valence-corrected chi connectivity index (χ4v) is 4.29. The number of carbonyl (C=O) groups excluding carboxylic acids is 1. The highest BCUT2D eigenvalue weighted by molar-refractivity contribution is 5.94. The maximum Gasteiger partial charge on any atom is 0.261 e. The van der Waals surface area contributed by atoms with Crippen LogP contribution in [0.2, 0.25) is 0 Å². The minimum absolute atomic E-state index is 0.00502. The van der Waals surface area contributed by atoms with Gasteiger partial charge in [0.2, 0.25) is 0 Å². The zero-order valence-corrected chi connectivity index (χ0v) is 17.4. The first-order chi connectivity index (χ1) is 15.0. The normalized spacial score (nSPS) is 22.1. The number of hydrogen-bond donors (Lipinski definition) is 3. The molecule has 0 saturated heterocycles. The van der Waals surface area contributed by atoms with Gasteiger partial charge in [-0.05, 0) is 67.5 Å². The van der Waals surface area contributed by atoms with Crippen molar-refractivity contribution in [1.82, 2.24) is 15.2 Å². The summed E-state index contributed by atoms with van der Waals surface area (Å²) in [4.78, 5) is 30.0. The molecule has 0 atom stereocenters. The number of aromatic amines is 1.